The van der Waals surface area contributed by atoms with Gasteiger partial charge in [-0.3, -0.25) is 4.99 Å². The number of benzene rings is 1. The Hall–Kier alpha value is -1.76. The number of nitrogens with one attached hydrogen (secondary N) is 2. The summed E-state index contributed by atoms with van der Waals surface area (Å²) in [6.07, 6.45) is 1.78. The molecule has 130 valence electrons. The second-order valence-corrected chi connectivity index (χ2v) is 7.69. The fraction of sp³-hybridized carbons (Fsp3) is 0.562. The van der Waals surface area contributed by atoms with Crippen molar-refractivity contribution in [3.05, 3.63) is 29.8 Å². The molecule has 23 heavy (non-hydrogen) atoms. The number of ether oxygens (including phenoxy) is 1. The Labute approximate surface area is 139 Å². The molecule has 0 saturated carbocycles. The number of rotatable bonds is 8. The van der Waals surface area contributed by atoms with Crippen LogP contribution in [0.3, 0.4) is 0 Å². The van der Waals surface area contributed by atoms with E-state index in [-0.39, 0.29) is 11.8 Å². The van der Waals surface area contributed by atoms with Crippen molar-refractivity contribution in [2.45, 2.75) is 32.9 Å². The van der Waals surface area contributed by atoms with Gasteiger partial charge in [0.05, 0.1) is 12.4 Å². The minimum absolute atomic E-state index is 0.0121. The van der Waals surface area contributed by atoms with E-state index in [4.69, 9.17) is 4.74 Å². The number of sulfone groups is 1. The molecule has 7 heteroatoms. The van der Waals surface area contributed by atoms with Gasteiger partial charge in [-0.05, 0) is 26.3 Å². The van der Waals surface area contributed by atoms with E-state index >= 15 is 0 Å². The summed E-state index contributed by atoms with van der Waals surface area (Å²) in [5, 5.41) is 6.42. The molecule has 0 saturated heterocycles. The van der Waals surface area contributed by atoms with Crippen molar-refractivity contribution < 1.29 is 13.2 Å². The lowest BCUT2D eigenvalue weighted by Crippen LogP contribution is -2.42. The minimum Gasteiger partial charge on any atom is -0.494 e. The average Bonchev–Trinajstić information content (AvgIpc) is 2.50. The summed E-state index contributed by atoms with van der Waals surface area (Å²) in [5.74, 6) is 1.64. The Morgan fingerprint density at radius 2 is 2.04 bits per heavy atom. The lowest BCUT2D eigenvalue weighted by Gasteiger charge is -2.18. The van der Waals surface area contributed by atoms with Crippen LogP contribution in [-0.2, 0) is 16.4 Å². The second-order valence-electron chi connectivity index (χ2n) is 5.43. The van der Waals surface area contributed by atoms with Crippen molar-refractivity contribution >= 4 is 15.8 Å². The number of para-hydroxylation sites is 1. The number of hydrogen-bond donors (Lipinski definition) is 2. The van der Waals surface area contributed by atoms with Gasteiger partial charge in [0.1, 0.15) is 15.6 Å². The predicted octanol–water partition coefficient (Wildman–Crippen LogP) is 1.57. The summed E-state index contributed by atoms with van der Waals surface area (Å²) in [7, 11) is -1.26. The summed E-state index contributed by atoms with van der Waals surface area (Å²) in [6.45, 7) is 5.08. The smallest absolute Gasteiger partial charge is 0.191 e. The highest BCUT2D eigenvalue weighted by atomic mass is 32.2. The zero-order valence-corrected chi connectivity index (χ0v) is 15.1. The maximum absolute atomic E-state index is 11.2. The highest BCUT2D eigenvalue weighted by Crippen LogP contribution is 2.17. The average molecular weight is 341 g/mol. The second kappa shape index (κ2) is 9.39. The molecule has 0 spiro atoms. The standard InChI is InChI=1S/C16H27N3O3S/c1-5-22-15-9-7-6-8-14(15)12-18-16(17-3)19-13(2)10-11-23(4,20)21/h6-9,13H,5,10-12H2,1-4H3,(H2,17,18,19). The van der Waals surface area contributed by atoms with E-state index in [2.05, 4.69) is 15.6 Å². The number of aliphatic imine (C=N–C) groups is 1. The van der Waals surface area contributed by atoms with E-state index in [1.54, 1.807) is 7.05 Å². The van der Waals surface area contributed by atoms with Crippen molar-refractivity contribution in [2.75, 3.05) is 25.7 Å². The molecule has 1 atom stereocenters. The zero-order chi connectivity index (χ0) is 17.3. The topological polar surface area (TPSA) is 79.8 Å². The number of nitrogens with zero attached hydrogens (tertiary/aromatic N) is 1. The third-order valence-corrected chi connectivity index (χ3v) is 4.22. The Bertz CT molecular complexity index is 615. The fourth-order valence-corrected chi connectivity index (χ4v) is 2.80. The molecule has 0 aliphatic heterocycles. The van der Waals surface area contributed by atoms with Crippen LogP contribution in [0.4, 0.5) is 0 Å². The molecule has 0 aliphatic rings. The van der Waals surface area contributed by atoms with Gasteiger partial charge in [0.15, 0.2) is 5.96 Å². The molecule has 0 amide bonds. The summed E-state index contributed by atoms with van der Waals surface area (Å²) < 4.78 is 28.0. The molecule has 0 aliphatic carbocycles. The van der Waals surface area contributed by atoms with Crippen LogP contribution in [0.5, 0.6) is 5.75 Å². The first-order valence-corrected chi connectivity index (χ1v) is 9.77. The maximum atomic E-state index is 11.2. The Balaban J connectivity index is 2.54. The third kappa shape index (κ3) is 7.88. The van der Waals surface area contributed by atoms with Gasteiger partial charge in [-0.25, -0.2) is 8.42 Å². The molecule has 0 bridgehead atoms. The molecule has 0 heterocycles. The van der Waals surface area contributed by atoms with Crippen molar-refractivity contribution in [1.82, 2.24) is 10.6 Å². The number of guanidine groups is 1. The largest absolute Gasteiger partial charge is 0.494 e. The van der Waals surface area contributed by atoms with Crippen molar-refractivity contribution in [3.63, 3.8) is 0 Å². The van der Waals surface area contributed by atoms with E-state index in [1.165, 1.54) is 6.26 Å². The van der Waals surface area contributed by atoms with Gasteiger partial charge in [0, 0.05) is 31.5 Å². The van der Waals surface area contributed by atoms with Gasteiger partial charge < -0.3 is 15.4 Å². The quantitative estimate of drug-likeness (QED) is 0.554. The van der Waals surface area contributed by atoms with Crippen molar-refractivity contribution in [3.8, 4) is 5.75 Å². The van der Waals surface area contributed by atoms with Crippen LogP contribution in [0.1, 0.15) is 25.8 Å². The highest BCUT2D eigenvalue weighted by molar-refractivity contribution is 7.90. The molecule has 0 aromatic heterocycles. The highest BCUT2D eigenvalue weighted by Gasteiger charge is 2.10. The normalized spacial score (nSPS) is 13.5. The monoisotopic (exact) mass is 341 g/mol. The summed E-state index contributed by atoms with van der Waals surface area (Å²) >= 11 is 0. The minimum atomic E-state index is -2.95. The van der Waals surface area contributed by atoms with Gasteiger partial charge in [0.2, 0.25) is 0 Å². The molecule has 1 rings (SSSR count). The SMILES string of the molecule is CCOc1ccccc1CNC(=NC)NC(C)CCS(C)(=O)=O. The summed E-state index contributed by atoms with van der Waals surface area (Å²) in [6, 6.07) is 7.85. The van der Waals surface area contributed by atoms with Crippen LogP contribution >= 0.6 is 0 Å². The van der Waals surface area contributed by atoms with Gasteiger partial charge in [-0.15, -0.1) is 0 Å². The Morgan fingerprint density at radius 1 is 1.35 bits per heavy atom. The van der Waals surface area contributed by atoms with E-state index in [1.807, 2.05) is 38.1 Å². The van der Waals surface area contributed by atoms with Crippen LogP contribution in [-0.4, -0.2) is 46.1 Å². The molecule has 6 nitrogen and oxygen atoms in total. The van der Waals surface area contributed by atoms with E-state index in [9.17, 15) is 8.42 Å². The summed E-state index contributed by atoms with van der Waals surface area (Å²) in [5.41, 5.74) is 1.04. The maximum Gasteiger partial charge on any atom is 0.191 e. The molecule has 1 unspecified atom stereocenters. The fourth-order valence-electron chi connectivity index (χ4n) is 2.02. The lowest BCUT2D eigenvalue weighted by molar-refractivity contribution is 0.336. The van der Waals surface area contributed by atoms with Crippen molar-refractivity contribution in [1.29, 1.82) is 0 Å². The van der Waals surface area contributed by atoms with Crippen LogP contribution in [0, 0.1) is 0 Å². The molecule has 2 N–H and O–H groups in total. The first kappa shape index (κ1) is 19.3. The summed E-state index contributed by atoms with van der Waals surface area (Å²) in [4.78, 5) is 4.17. The van der Waals surface area contributed by atoms with Gasteiger partial charge in [0.25, 0.3) is 0 Å². The Morgan fingerprint density at radius 3 is 2.65 bits per heavy atom. The number of hydrogen-bond acceptors (Lipinski definition) is 4. The van der Waals surface area contributed by atoms with E-state index in [0.717, 1.165) is 11.3 Å². The molecule has 0 radical (unpaired) electrons. The molecule has 1 aromatic carbocycles. The van der Waals surface area contributed by atoms with Crippen LogP contribution in [0.2, 0.25) is 0 Å². The van der Waals surface area contributed by atoms with Crippen molar-refractivity contribution in [2.24, 2.45) is 4.99 Å². The van der Waals surface area contributed by atoms with Gasteiger partial charge in [-0.1, -0.05) is 18.2 Å². The van der Waals surface area contributed by atoms with Crippen LogP contribution in [0.25, 0.3) is 0 Å². The third-order valence-electron chi connectivity index (χ3n) is 3.25. The molecular weight excluding hydrogens is 314 g/mol. The first-order chi connectivity index (χ1) is 10.9. The van der Waals surface area contributed by atoms with Gasteiger partial charge >= 0.3 is 0 Å². The van der Waals surface area contributed by atoms with Crippen LogP contribution < -0.4 is 15.4 Å². The molecular formula is C16H27N3O3S. The predicted molar refractivity (Wildman–Crippen MR) is 94.7 cm³/mol. The Kier molecular flexibility index (Phi) is 7.88. The van der Waals surface area contributed by atoms with Crippen LogP contribution in [0.15, 0.2) is 29.3 Å². The zero-order valence-electron chi connectivity index (χ0n) is 14.3. The first-order valence-electron chi connectivity index (χ1n) is 7.71. The molecule has 1 aromatic rings. The molecule has 0 fully saturated rings. The van der Waals surface area contributed by atoms with E-state index < -0.39 is 9.84 Å². The lowest BCUT2D eigenvalue weighted by atomic mass is 10.2. The van der Waals surface area contributed by atoms with E-state index in [0.29, 0.717) is 25.5 Å². The van der Waals surface area contributed by atoms with Gasteiger partial charge in [-0.2, -0.15) is 0 Å².